The van der Waals surface area contributed by atoms with Crippen molar-refractivity contribution in [1.29, 1.82) is 0 Å². The van der Waals surface area contributed by atoms with Crippen molar-refractivity contribution in [2.75, 3.05) is 24.4 Å². The summed E-state index contributed by atoms with van der Waals surface area (Å²) in [4.78, 5) is 39.2. The maximum absolute atomic E-state index is 12.5. The van der Waals surface area contributed by atoms with Crippen LogP contribution in [-0.4, -0.2) is 43.0 Å². The summed E-state index contributed by atoms with van der Waals surface area (Å²) in [6, 6.07) is 11.6. The number of ether oxygens (including phenoxy) is 3. The minimum atomic E-state index is -0.937. The lowest BCUT2D eigenvalue weighted by atomic mass is 10.1. The smallest absolute Gasteiger partial charge is 0.407 e. The van der Waals surface area contributed by atoms with Crippen LogP contribution in [0.2, 0.25) is 0 Å². The lowest BCUT2D eigenvalue weighted by Gasteiger charge is -2.16. The fraction of sp³-hybridized carbons (Fsp3) is 0.250. The number of oxazole rings is 1. The zero-order valence-electron chi connectivity index (χ0n) is 19.8. The number of urea groups is 1. The Labute approximate surface area is 207 Å². The first kappa shape index (κ1) is 25.9. The van der Waals surface area contributed by atoms with E-state index in [-0.39, 0.29) is 13.2 Å². The minimum absolute atomic E-state index is 0.123. The van der Waals surface area contributed by atoms with Gasteiger partial charge in [-0.25, -0.2) is 19.4 Å². The molecule has 1 unspecified atom stereocenters. The number of hydrogen-bond acceptors (Lipinski definition) is 8. The Kier molecular flexibility index (Phi) is 9.09. The molecule has 0 spiro atoms. The van der Waals surface area contributed by atoms with E-state index in [2.05, 4.69) is 25.7 Å². The van der Waals surface area contributed by atoms with E-state index in [1.165, 1.54) is 13.5 Å². The molecule has 12 heteroatoms. The zero-order chi connectivity index (χ0) is 25.9. The maximum Gasteiger partial charge on any atom is 0.407 e. The van der Waals surface area contributed by atoms with Gasteiger partial charge in [-0.3, -0.25) is 0 Å². The molecule has 4 amide bonds. The van der Waals surface area contributed by atoms with E-state index in [4.69, 9.17) is 19.6 Å². The van der Waals surface area contributed by atoms with E-state index in [1.54, 1.807) is 55.6 Å². The maximum atomic E-state index is 12.5. The Morgan fingerprint density at radius 3 is 2.56 bits per heavy atom. The lowest BCUT2D eigenvalue weighted by Crippen LogP contribution is -2.32. The van der Waals surface area contributed by atoms with Gasteiger partial charge in [0.15, 0.2) is 12.2 Å². The van der Waals surface area contributed by atoms with E-state index in [0.717, 1.165) is 5.56 Å². The number of amides is 4. The van der Waals surface area contributed by atoms with Crippen LogP contribution in [0.15, 0.2) is 59.5 Å². The van der Waals surface area contributed by atoms with E-state index >= 15 is 0 Å². The summed E-state index contributed by atoms with van der Waals surface area (Å²) in [5.74, 6) is 1.05. The predicted octanol–water partition coefficient (Wildman–Crippen LogP) is 4.09. The first-order valence-corrected chi connectivity index (χ1v) is 11.0. The highest BCUT2D eigenvalue weighted by Gasteiger charge is 2.15. The van der Waals surface area contributed by atoms with Gasteiger partial charge in [0.25, 0.3) is 0 Å². The molecule has 2 aromatic carbocycles. The Morgan fingerprint density at radius 2 is 1.89 bits per heavy atom. The van der Waals surface area contributed by atoms with Crippen molar-refractivity contribution in [3.63, 3.8) is 0 Å². The van der Waals surface area contributed by atoms with Crippen molar-refractivity contribution in [1.82, 2.24) is 10.3 Å². The van der Waals surface area contributed by atoms with Crippen LogP contribution < -0.4 is 26.4 Å². The molecule has 0 bridgehead atoms. The molecule has 0 aliphatic heterocycles. The van der Waals surface area contributed by atoms with Crippen molar-refractivity contribution in [2.45, 2.75) is 26.0 Å². The molecule has 1 atom stereocenters. The SMILES string of the molecule is CCC(COC(N)=O)OC(=O)NCc1cccc(NC(=O)Nc2ccc(-c3cnco3)c(OC)c2)c1. The van der Waals surface area contributed by atoms with Gasteiger partial charge in [-0.05, 0) is 36.2 Å². The highest BCUT2D eigenvalue weighted by Crippen LogP contribution is 2.32. The molecular weight excluding hydrogens is 470 g/mol. The van der Waals surface area contributed by atoms with Gasteiger partial charge in [0.05, 0.1) is 18.9 Å². The van der Waals surface area contributed by atoms with Gasteiger partial charge in [-0.15, -0.1) is 0 Å². The Hall–Kier alpha value is -4.74. The van der Waals surface area contributed by atoms with E-state index in [1.807, 2.05) is 0 Å². The predicted molar refractivity (Wildman–Crippen MR) is 131 cm³/mol. The third kappa shape index (κ3) is 7.65. The average molecular weight is 498 g/mol. The molecule has 0 aliphatic carbocycles. The summed E-state index contributed by atoms with van der Waals surface area (Å²) in [5, 5.41) is 8.10. The number of nitrogens with one attached hydrogen (secondary N) is 3. The molecule has 0 saturated heterocycles. The quantitative estimate of drug-likeness (QED) is 0.325. The van der Waals surface area contributed by atoms with Crippen LogP contribution in [0.3, 0.4) is 0 Å². The van der Waals surface area contributed by atoms with Gasteiger partial charge in [-0.2, -0.15) is 0 Å². The first-order valence-electron chi connectivity index (χ1n) is 11.0. The lowest BCUT2D eigenvalue weighted by molar-refractivity contribution is 0.0449. The number of rotatable bonds is 10. The second kappa shape index (κ2) is 12.6. The summed E-state index contributed by atoms with van der Waals surface area (Å²) in [6.07, 6.45) is 1.12. The Balaban J connectivity index is 1.53. The van der Waals surface area contributed by atoms with Crippen LogP contribution in [0.25, 0.3) is 11.3 Å². The number of carbonyl (C=O) groups is 3. The number of anilines is 2. The number of carbonyl (C=O) groups excluding carboxylic acids is 3. The molecule has 3 rings (SSSR count). The van der Waals surface area contributed by atoms with Crippen molar-refractivity contribution >= 4 is 29.6 Å². The number of methoxy groups -OCH3 is 1. The monoisotopic (exact) mass is 497 g/mol. The molecule has 3 aromatic rings. The molecule has 0 radical (unpaired) electrons. The molecule has 1 heterocycles. The van der Waals surface area contributed by atoms with Gasteiger partial charge < -0.3 is 40.3 Å². The molecule has 1 aromatic heterocycles. The summed E-state index contributed by atoms with van der Waals surface area (Å²) in [7, 11) is 1.52. The van der Waals surface area contributed by atoms with Gasteiger partial charge in [0.1, 0.15) is 18.5 Å². The summed E-state index contributed by atoms with van der Waals surface area (Å²) < 4.78 is 20.6. The van der Waals surface area contributed by atoms with Crippen LogP contribution in [0, 0.1) is 0 Å². The topological polar surface area (TPSA) is 167 Å². The third-order valence-corrected chi connectivity index (χ3v) is 4.92. The van der Waals surface area contributed by atoms with Crippen LogP contribution in [0.4, 0.5) is 25.8 Å². The summed E-state index contributed by atoms with van der Waals surface area (Å²) in [5.41, 5.74) is 7.39. The largest absolute Gasteiger partial charge is 0.496 e. The van der Waals surface area contributed by atoms with Crippen molar-refractivity contribution < 1.29 is 33.0 Å². The van der Waals surface area contributed by atoms with Crippen molar-refractivity contribution in [3.05, 3.63) is 60.6 Å². The molecule has 190 valence electrons. The number of benzene rings is 2. The fourth-order valence-corrected chi connectivity index (χ4v) is 3.15. The molecule has 5 N–H and O–H groups in total. The third-order valence-electron chi connectivity index (χ3n) is 4.92. The molecule has 12 nitrogen and oxygen atoms in total. The summed E-state index contributed by atoms with van der Waals surface area (Å²) in [6.45, 7) is 1.81. The molecule has 0 aliphatic rings. The van der Waals surface area contributed by atoms with E-state index in [0.29, 0.717) is 34.9 Å². The second-order valence-corrected chi connectivity index (χ2v) is 7.48. The standard InChI is InChI=1S/C24H27N5O7/c1-3-18(13-34-22(25)30)36-24(32)27-11-15-5-4-6-16(9-15)28-23(31)29-17-7-8-19(20(10-17)33-2)21-12-26-14-35-21/h4-10,12,14,18H,3,11,13H2,1-2H3,(H2,25,30)(H,27,32)(H2,28,29,31). The molecule has 0 saturated carbocycles. The molecular formula is C24H27N5O7. The number of nitrogens with zero attached hydrogens (tertiary/aromatic N) is 1. The van der Waals surface area contributed by atoms with Gasteiger partial charge in [-0.1, -0.05) is 19.1 Å². The zero-order valence-corrected chi connectivity index (χ0v) is 19.8. The van der Waals surface area contributed by atoms with Gasteiger partial charge >= 0.3 is 18.2 Å². The van der Waals surface area contributed by atoms with Crippen LogP contribution >= 0.6 is 0 Å². The normalized spacial score (nSPS) is 11.2. The van der Waals surface area contributed by atoms with Crippen molar-refractivity contribution in [2.24, 2.45) is 5.73 Å². The highest BCUT2D eigenvalue weighted by atomic mass is 16.6. The first-order chi connectivity index (χ1) is 17.4. The Morgan fingerprint density at radius 1 is 1.11 bits per heavy atom. The van der Waals surface area contributed by atoms with Crippen molar-refractivity contribution in [3.8, 4) is 17.1 Å². The van der Waals surface area contributed by atoms with Gasteiger partial charge in [0, 0.05) is 24.0 Å². The number of primary amides is 1. The van der Waals surface area contributed by atoms with E-state index in [9.17, 15) is 14.4 Å². The van der Waals surface area contributed by atoms with E-state index < -0.39 is 24.3 Å². The minimum Gasteiger partial charge on any atom is -0.496 e. The Bertz CT molecular complexity index is 1180. The molecule has 36 heavy (non-hydrogen) atoms. The van der Waals surface area contributed by atoms with Gasteiger partial charge in [0.2, 0.25) is 0 Å². The number of alkyl carbamates (subject to hydrolysis) is 1. The fourth-order valence-electron chi connectivity index (χ4n) is 3.15. The van der Waals surface area contributed by atoms with Crippen LogP contribution in [0.1, 0.15) is 18.9 Å². The number of hydrogen-bond donors (Lipinski definition) is 4. The van der Waals surface area contributed by atoms with Crippen LogP contribution in [-0.2, 0) is 16.0 Å². The number of aromatic nitrogens is 1. The average Bonchev–Trinajstić information content (AvgIpc) is 3.40. The summed E-state index contributed by atoms with van der Waals surface area (Å²) >= 11 is 0. The second-order valence-electron chi connectivity index (χ2n) is 7.48. The number of nitrogens with two attached hydrogens (primary N) is 1. The van der Waals surface area contributed by atoms with Crippen LogP contribution in [0.5, 0.6) is 5.75 Å². The molecule has 0 fully saturated rings. The highest BCUT2D eigenvalue weighted by molar-refractivity contribution is 6.00.